The molecule has 1 aliphatic rings. The molecular formula is C6H10N2NaS4. The van der Waals surface area contributed by atoms with Gasteiger partial charge in [0, 0.05) is 55.7 Å². The van der Waals surface area contributed by atoms with Crippen molar-refractivity contribution in [2.24, 2.45) is 0 Å². The van der Waals surface area contributed by atoms with Crippen molar-refractivity contribution in [3.05, 3.63) is 0 Å². The number of thiol groups is 2. The molecule has 1 radical (unpaired) electrons. The minimum atomic E-state index is 0. The molecule has 69 valence electrons. The smallest absolute Gasteiger partial charge is 0.133 e. The maximum absolute atomic E-state index is 4.94. The largest absolute Gasteiger partial charge is 0.354 e. The van der Waals surface area contributed by atoms with E-state index in [1.165, 1.54) is 0 Å². The van der Waals surface area contributed by atoms with Crippen LogP contribution in [0.15, 0.2) is 0 Å². The third-order valence-electron chi connectivity index (χ3n) is 1.82. The normalized spacial score (nSPS) is 16.5. The van der Waals surface area contributed by atoms with Crippen LogP contribution in [0.2, 0.25) is 0 Å². The van der Waals surface area contributed by atoms with Gasteiger partial charge in [-0.2, -0.15) is 0 Å². The number of nitrogens with zero attached hydrogens (tertiary/aromatic N) is 2. The van der Waals surface area contributed by atoms with Crippen molar-refractivity contribution in [3.63, 3.8) is 0 Å². The van der Waals surface area contributed by atoms with E-state index in [0.29, 0.717) is 8.64 Å². The molecule has 0 atom stereocenters. The van der Waals surface area contributed by atoms with Crippen LogP contribution in [0.5, 0.6) is 0 Å². The van der Waals surface area contributed by atoms with Crippen molar-refractivity contribution in [1.82, 2.24) is 9.80 Å². The zero-order valence-corrected chi connectivity index (χ0v) is 12.9. The Morgan fingerprint density at radius 3 is 1.23 bits per heavy atom. The molecular weight excluding hydrogens is 251 g/mol. The average molecular weight is 261 g/mol. The molecule has 0 aromatic heterocycles. The third-order valence-corrected chi connectivity index (χ3v) is 2.90. The monoisotopic (exact) mass is 261 g/mol. The SMILES string of the molecule is S=C(S)N1CCN(C(=S)S)CC1.[Na]. The van der Waals surface area contributed by atoms with Gasteiger partial charge in [0.25, 0.3) is 0 Å². The third kappa shape index (κ3) is 4.68. The summed E-state index contributed by atoms with van der Waals surface area (Å²) in [5, 5.41) is 0. The molecule has 0 aromatic carbocycles. The molecule has 0 bridgehead atoms. The number of piperazine rings is 1. The Hall–Kier alpha value is 1.48. The summed E-state index contributed by atoms with van der Waals surface area (Å²) in [6.45, 7) is 3.57. The first kappa shape index (κ1) is 14.5. The van der Waals surface area contributed by atoms with Crippen molar-refractivity contribution >= 4 is 87.9 Å². The number of hydrogen-bond acceptors (Lipinski definition) is 2. The van der Waals surface area contributed by atoms with Crippen molar-refractivity contribution < 1.29 is 0 Å². The van der Waals surface area contributed by atoms with Gasteiger partial charge in [-0.05, 0) is 0 Å². The van der Waals surface area contributed by atoms with Crippen molar-refractivity contribution in [1.29, 1.82) is 0 Å². The molecule has 0 unspecified atom stereocenters. The van der Waals surface area contributed by atoms with Crippen LogP contribution in [0, 0.1) is 0 Å². The molecule has 0 spiro atoms. The second kappa shape index (κ2) is 6.87. The van der Waals surface area contributed by atoms with Crippen molar-refractivity contribution in [3.8, 4) is 0 Å². The van der Waals surface area contributed by atoms with Gasteiger partial charge in [0.05, 0.1) is 0 Å². The standard InChI is InChI=1S/C6H10N2S4.Na/c9-5(10)7-1-2-8(4-3-7)6(11)12;/h1-4H2,(H,9,10)(H,11,12);. The zero-order chi connectivity index (χ0) is 9.14. The first-order chi connectivity index (χ1) is 5.61. The van der Waals surface area contributed by atoms with Gasteiger partial charge >= 0.3 is 0 Å². The van der Waals surface area contributed by atoms with Gasteiger partial charge in [0.15, 0.2) is 0 Å². The van der Waals surface area contributed by atoms with Crippen LogP contribution in [0.25, 0.3) is 0 Å². The molecule has 1 aliphatic heterocycles. The first-order valence-electron chi connectivity index (χ1n) is 3.57. The Morgan fingerprint density at radius 1 is 0.846 bits per heavy atom. The maximum atomic E-state index is 4.94. The van der Waals surface area contributed by atoms with Gasteiger partial charge in [-0.1, -0.05) is 24.4 Å². The van der Waals surface area contributed by atoms with Gasteiger partial charge in [-0.25, -0.2) is 0 Å². The van der Waals surface area contributed by atoms with Crippen LogP contribution in [-0.4, -0.2) is 74.2 Å². The molecule has 0 N–H and O–H groups in total. The fourth-order valence-electron chi connectivity index (χ4n) is 1.09. The fourth-order valence-corrected chi connectivity index (χ4v) is 1.85. The summed E-state index contributed by atoms with van der Waals surface area (Å²) in [5.74, 6) is 0. The number of thiocarbonyl (C=S) groups is 2. The Kier molecular flexibility index (Phi) is 7.65. The van der Waals surface area contributed by atoms with E-state index in [1.54, 1.807) is 0 Å². The van der Waals surface area contributed by atoms with Crippen LogP contribution in [0.3, 0.4) is 0 Å². The van der Waals surface area contributed by atoms with Crippen LogP contribution in [0.4, 0.5) is 0 Å². The molecule has 0 amide bonds. The Morgan fingerprint density at radius 2 is 1.08 bits per heavy atom. The predicted octanol–water partition coefficient (Wildman–Crippen LogP) is 0.653. The van der Waals surface area contributed by atoms with E-state index in [4.69, 9.17) is 24.4 Å². The van der Waals surface area contributed by atoms with E-state index in [-0.39, 0.29) is 29.6 Å². The number of rotatable bonds is 0. The molecule has 1 heterocycles. The summed E-state index contributed by atoms with van der Waals surface area (Å²) in [5.41, 5.74) is 0. The summed E-state index contributed by atoms with van der Waals surface area (Å²) in [6.07, 6.45) is 0. The second-order valence-corrected chi connectivity index (χ2v) is 4.76. The molecule has 0 saturated carbocycles. The molecule has 7 heteroatoms. The quantitative estimate of drug-likeness (QED) is 0.375. The average Bonchev–Trinajstić information content (AvgIpc) is 2.04. The van der Waals surface area contributed by atoms with Crippen LogP contribution < -0.4 is 0 Å². The fraction of sp³-hybridized carbons (Fsp3) is 0.667. The zero-order valence-electron chi connectivity index (χ0n) is 7.43. The van der Waals surface area contributed by atoms with E-state index in [1.807, 2.05) is 0 Å². The van der Waals surface area contributed by atoms with E-state index in [9.17, 15) is 0 Å². The predicted molar refractivity (Wildman–Crippen MR) is 72.1 cm³/mol. The van der Waals surface area contributed by atoms with Gasteiger partial charge in [-0.3, -0.25) is 0 Å². The van der Waals surface area contributed by atoms with Gasteiger partial charge in [-0.15, -0.1) is 25.3 Å². The van der Waals surface area contributed by atoms with Crippen molar-refractivity contribution in [2.45, 2.75) is 0 Å². The molecule has 13 heavy (non-hydrogen) atoms. The molecule has 1 saturated heterocycles. The molecule has 0 aromatic rings. The second-order valence-electron chi connectivity index (χ2n) is 2.54. The molecule has 0 aliphatic carbocycles. The summed E-state index contributed by atoms with van der Waals surface area (Å²) in [7, 11) is 0. The Bertz CT molecular complexity index is 181. The van der Waals surface area contributed by atoms with Crippen LogP contribution >= 0.6 is 49.7 Å². The summed E-state index contributed by atoms with van der Waals surface area (Å²) in [4.78, 5) is 4.11. The minimum Gasteiger partial charge on any atom is -0.354 e. The van der Waals surface area contributed by atoms with Crippen LogP contribution in [-0.2, 0) is 0 Å². The van der Waals surface area contributed by atoms with Gasteiger partial charge < -0.3 is 9.80 Å². The van der Waals surface area contributed by atoms with Gasteiger partial charge in [0.1, 0.15) is 8.64 Å². The minimum absolute atomic E-state index is 0. The number of hydrogen-bond donors (Lipinski definition) is 2. The van der Waals surface area contributed by atoms with E-state index in [2.05, 4.69) is 35.1 Å². The Labute approximate surface area is 123 Å². The summed E-state index contributed by atoms with van der Waals surface area (Å²) in [6, 6.07) is 0. The van der Waals surface area contributed by atoms with E-state index < -0.39 is 0 Å². The van der Waals surface area contributed by atoms with E-state index >= 15 is 0 Å². The van der Waals surface area contributed by atoms with Crippen molar-refractivity contribution in [2.75, 3.05) is 26.2 Å². The maximum Gasteiger partial charge on any atom is 0.133 e. The summed E-state index contributed by atoms with van der Waals surface area (Å²) < 4.78 is 1.33. The molecule has 1 rings (SSSR count). The van der Waals surface area contributed by atoms with Gasteiger partial charge in [0.2, 0.25) is 0 Å². The molecule has 1 fully saturated rings. The topological polar surface area (TPSA) is 6.48 Å². The van der Waals surface area contributed by atoms with E-state index in [0.717, 1.165) is 26.2 Å². The molecule has 2 nitrogen and oxygen atoms in total. The summed E-state index contributed by atoms with van der Waals surface area (Å²) >= 11 is 18.1. The first-order valence-corrected chi connectivity index (χ1v) is 5.28. The Balaban J connectivity index is 0.00000144. The van der Waals surface area contributed by atoms with Crippen LogP contribution in [0.1, 0.15) is 0 Å².